The molecule has 0 spiro atoms. The first-order chi connectivity index (χ1) is 9.00. The van der Waals surface area contributed by atoms with Crippen LogP contribution in [0.2, 0.25) is 0 Å². The summed E-state index contributed by atoms with van der Waals surface area (Å²) >= 11 is 0. The molecule has 1 rings (SSSR count). The average molecular weight is 269 g/mol. The summed E-state index contributed by atoms with van der Waals surface area (Å²) in [6, 6.07) is 0. The predicted octanol–water partition coefficient (Wildman–Crippen LogP) is 3.33. The van der Waals surface area contributed by atoms with E-state index in [-0.39, 0.29) is 5.92 Å². The zero-order valence-electron chi connectivity index (χ0n) is 13.2. The van der Waals surface area contributed by atoms with Crippen LogP contribution in [0.15, 0.2) is 0 Å². The molecule has 0 saturated carbocycles. The lowest BCUT2D eigenvalue weighted by molar-refractivity contribution is -0.138. The van der Waals surface area contributed by atoms with Gasteiger partial charge < -0.3 is 9.64 Å². The van der Waals surface area contributed by atoms with E-state index in [0.717, 1.165) is 52.0 Å². The summed E-state index contributed by atoms with van der Waals surface area (Å²) < 4.78 is 5.36. The number of amides is 1. The average Bonchev–Trinajstić information content (AvgIpc) is 2.38. The molecule has 0 aromatic carbocycles. The van der Waals surface area contributed by atoms with Crippen LogP contribution in [0.5, 0.6) is 0 Å². The van der Waals surface area contributed by atoms with E-state index < -0.39 is 0 Å². The minimum atomic E-state index is 0.202. The van der Waals surface area contributed by atoms with Crippen LogP contribution in [0.25, 0.3) is 0 Å². The molecule has 19 heavy (non-hydrogen) atoms. The van der Waals surface area contributed by atoms with Crippen molar-refractivity contribution in [2.75, 3.05) is 26.3 Å². The zero-order valence-corrected chi connectivity index (χ0v) is 13.2. The normalized spacial score (nSPS) is 17.2. The van der Waals surface area contributed by atoms with Crippen molar-refractivity contribution in [3.8, 4) is 0 Å². The molecule has 0 N–H and O–H groups in total. The summed E-state index contributed by atoms with van der Waals surface area (Å²) in [4.78, 5) is 14.7. The Bertz CT molecular complexity index is 245. The fourth-order valence-corrected chi connectivity index (χ4v) is 2.36. The first-order valence-corrected chi connectivity index (χ1v) is 7.87. The molecule has 1 heterocycles. The molecule has 3 heteroatoms. The minimum Gasteiger partial charge on any atom is -0.381 e. The smallest absolute Gasteiger partial charge is 0.225 e. The molecule has 3 nitrogen and oxygen atoms in total. The molecule has 1 saturated heterocycles. The summed E-state index contributed by atoms with van der Waals surface area (Å²) in [6.07, 6.45) is 4.01. The van der Waals surface area contributed by atoms with E-state index in [2.05, 4.69) is 32.6 Å². The van der Waals surface area contributed by atoms with E-state index in [0.29, 0.717) is 17.7 Å². The van der Waals surface area contributed by atoms with Gasteiger partial charge in [0.05, 0.1) is 0 Å². The molecule has 1 aliphatic heterocycles. The van der Waals surface area contributed by atoms with Gasteiger partial charge in [-0.3, -0.25) is 4.79 Å². The molecule has 0 aliphatic carbocycles. The highest BCUT2D eigenvalue weighted by Crippen LogP contribution is 2.19. The van der Waals surface area contributed by atoms with E-state index in [9.17, 15) is 4.79 Å². The van der Waals surface area contributed by atoms with Crippen LogP contribution < -0.4 is 0 Å². The number of hydrogen-bond donors (Lipinski definition) is 0. The Labute approximate surface area is 118 Å². The largest absolute Gasteiger partial charge is 0.381 e. The fourth-order valence-electron chi connectivity index (χ4n) is 2.36. The van der Waals surface area contributed by atoms with Gasteiger partial charge >= 0.3 is 0 Å². The van der Waals surface area contributed by atoms with Gasteiger partial charge in [-0.1, -0.05) is 27.7 Å². The molecular formula is C16H31NO2. The Kier molecular flexibility index (Phi) is 7.44. The van der Waals surface area contributed by atoms with Crippen LogP contribution in [0.4, 0.5) is 0 Å². The van der Waals surface area contributed by atoms with E-state index in [1.807, 2.05) is 0 Å². The van der Waals surface area contributed by atoms with Crippen LogP contribution in [-0.2, 0) is 9.53 Å². The maximum absolute atomic E-state index is 12.6. The monoisotopic (exact) mass is 269 g/mol. The van der Waals surface area contributed by atoms with Gasteiger partial charge in [0.25, 0.3) is 0 Å². The van der Waals surface area contributed by atoms with Gasteiger partial charge in [-0.15, -0.1) is 0 Å². The van der Waals surface area contributed by atoms with Crippen LogP contribution in [0.3, 0.4) is 0 Å². The molecule has 0 radical (unpaired) electrons. The van der Waals surface area contributed by atoms with Gasteiger partial charge in [-0.25, -0.2) is 0 Å². The highest BCUT2D eigenvalue weighted by atomic mass is 16.5. The molecule has 1 aliphatic rings. The number of rotatable bonds is 7. The third-order valence-corrected chi connectivity index (χ3v) is 3.83. The maximum atomic E-state index is 12.6. The summed E-state index contributed by atoms with van der Waals surface area (Å²) in [5.41, 5.74) is 0. The van der Waals surface area contributed by atoms with Crippen LogP contribution in [0.1, 0.15) is 53.4 Å². The highest BCUT2D eigenvalue weighted by Gasteiger charge is 2.26. The number of carbonyl (C=O) groups excluding carboxylic acids is 1. The Balaban J connectivity index is 2.51. The van der Waals surface area contributed by atoms with Crippen molar-refractivity contribution in [3.05, 3.63) is 0 Å². The number of nitrogens with zero attached hydrogens (tertiary/aromatic N) is 1. The standard InChI is InChI=1S/C16H31NO2/c1-13(2)5-9-17(10-6-14(3)4)16(18)15-7-11-19-12-8-15/h13-15H,5-12H2,1-4H3. The van der Waals surface area contributed by atoms with Crippen molar-refractivity contribution in [1.29, 1.82) is 0 Å². The summed E-state index contributed by atoms with van der Waals surface area (Å²) in [7, 11) is 0. The van der Waals surface area contributed by atoms with Crippen molar-refractivity contribution >= 4 is 5.91 Å². The van der Waals surface area contributed by atoms with Crippen molar-refractivity contribution in [2.24, 2.45) is 17.8 Å². The second-order valence-electron chi connectivity index (χ2n) is 6.58. The van der Waals surface area contributed by atoms with Gasteiger partial charge in [-0.2, -0.15) is 0 Å². The van der Waals surface area contributed by atoms with Crippen molar-refractivity contribution in [3.63, 3.8) is 0 Å². The van der Waals surface area contributed by atoms with Gasteiger partial charge in [0.1, 0.15) is 0 Å². The third kappa shape index (κ3) is 6.42. The molecule has 0 bridgehead atoms. The highest BCUT2D eigenvalue weighted by molar-refractivity contribution is 5.78. The summed E-state index contributed by atoms with van der Waals surface area (Å²) in [5, 5.41) is 0. The van der Waals surface area contributed by atoms with Crippen LogP contribution in [0, 0.1) is 17.8 Å². The first kappa shape index (κ1) is 16.5. The molecule has 1 fully saturated rings. The minimum absolute atomic E-state index is 0.202. The lowest BCUT2D eigenvalue weighted by Gasteiger charge is -2.30. The van der Waals surface area contributed by atoms with Crippen molar-refractivity contribution < 1.29 is 9.53 Å². The van der Waals surface area contributed by atoms with Gasteiger partial charge in [0.2, 0.25) is 5.91 Å². The Hall–Kier alpha value is -0.570. The number of carbonyl (C=O) groups is 1. The Morgan fingerprint density at radius 1 is 1.05 bits per heavy atom. The van der Waals surface area contributed by atoms with Crippen molar-refractivity contribution in [2.45, 2.75) is 53.4 Å². The van der Waals surface area contributed by atoms with Crippen LogP contribution >= 0.6 is 0 Å². The molecule has 112 valence electrons. The third-order valence-electron chi connectivity index (χ3n) is 3.83. The summed E-state index contributed by atoms with van der Waals surface area (Å²) in [5.74, 6) is 1.88. The predicted molar refractivity (Wildman–Crippen MR) is 79.0 cm³/mol. The first-order valence-electron chi connectivity index (χ1n) is 7.87. The van der Waals surface area contributed by atoms with Crippen molar-refractivity contribution in [1.82, 2.24) is 4.90 Å². The number of hydrogen-bond acceptors (Lipinski definition) is 2. The quantitative estimate of drug-likeness (QED) is 0.709. The van der Waals surface area contributed by atoms with Gasteiger partial charge in [0, 0.05) is 32.2 Å². The van der Waals surface area contributed by atoms with E-state index in [4.69, 9.17) is 4.74 Å². The lowest BCUT2D eigenvalue weighted by Crippen LogP contribution is -2.40. The Morgan fingerprint density at radius 3 is 1.95 bits per heavy atom. The van der Waals surface area contributed by atoms with E-state index in [1.54, 1.807) is 0 Å². The topological polar surface area (TPSA) is 29.5 Å². The summed E-state index contributed by atoms with van der Waals surface area (Å²) in [6.45, 7) is 12.2. The molecule has 0 aromatic heterocycles. The fraction of sp³-hybridized carbons (Fsp3) is 0.938. The zero-order chi connectivity index (χ0) is 14.3. The Morgan fingerprint density at radius 2 is 1.53 bits per heavy atom. The van der Waals surface area contributed by atoms with E-state index >= 15 is 0 Å². The molecule has 0 atom stereocenters. The second kappa shape index (κ2) is 8.57. The molecule has 0 aromatic rings. The van der Waals surface area contributed by atoms with Gasteiger partial charge in [0.15, 0.2) is 0 Å². The van der Waals surface area contributed by atoms with Crippen LogP contribution in [-0.4, -0.2) is 37.1 Å². The van der Waals surface area contributed by atoms with Gasteiger partial charge in [-0.05, 0) is 37.5 Å². The second-order valence-corrected chi connectivity index (χ2v) is 6.58. The SMILES string of the molecule is CC(C)CCN(CCC(C)C)C(=O)C1CCOCC1. The molecule has 1 amide bonds. The maximum Gasteiger partial charge on any atom is 0.225 e. The molecule has 0 unspecified atom stereocenters. The van der Waals surface area contributed by atoms with E-state index in [1.165, 1.54) is 0 Å². The lowest BCUT2D eigenvalue weighted by atomic mass is 9.97. The molecular weight excluding hydrogens is 238 g/mol. The number of ether oxygens (including phenoxy) is 1.